The lowest BCUT2D eigenvalue weighted by molar-refractivity contribution is 0.0989. The molecule has 3 aromatic rings. The van der Waals surface area contributed by atoms with E-state index in [9.17, 15) is 9.59 Å². The van der Waals surface area contributed by atoms with Crippen LogP contribution in [0.2, 0.25) is 0 Å². The fourth-order valence-corrected chi connectivity index (χ4v) is 1.98. The summed E-state index contributed by atoms with van der Waals surface area (Å²) < 4.78 is 0. The fraction of sp³-hybridized carbons (Fsp3) is 0. The normalized spacial score (nSPS) is 10.3. The first kappa shape index (κ1) is 13.3. The monoisotopic (exact) mass is 295 g/mol. The second kappa shape index (κ2) is 5.02. The molecule has 108 valence electrons. The van der Waals surface area contributed by atoms with Crippen LogP contribution >= 0.6 is 0 Å². The number of carbonyl (C=O) groups excluding carboxylic acids is 2. The molecule has 0 aliphatic rings. The molecule has 9 heteroatoms. The molecular formula is C13H9N7O2. The molecule has 0 saturated carbocycles. The third-order valence-corrected chi connectivity index (χ3v) is 2.92. The van der Waals surface area contributed by atoms with E-state index in [4.69, 9.17) is 11.0 Å². The Morgan fingerprint density at radius 3 is 2.82 bits per heavy atom. The Balaban J connectivity index is 2.12. The van der Waals surface area contributed by atoms with Gasteiger partial charge in [0.2, 0.25) is 5.95 Å². The number of rotatable bonds is 3. The van der Waals surface area contributed by atoms with E-state index in [1.807, 2.05) is 6.07 Å². The number of fused-ring (bicyclic) bond motifs is 1. The van der Waals surface area contributed by atoms with Gasteiger partial charge in [-0.05, 0) is 12.1 Å². The van der Waals surface area contributed by atoms with Gasteiger partial charge in [-0.1, -0.05) is 0 Å². The highest BCUT2D eigenvalue weighted by Crippen LogP contribution is 2.20. The number of aromatic nitrogens is 4. The van der Waals surface area contributed by atoms with Crippen molar-refractivity contribution >= 4 is 28.8 Å². The molecule has 9 nitrogen and oxygen atoms in total. The third-order valence-electron chi connectivity index (χ3n) is 2.92. The first-order valence-electron chi connectivity index (χ1n) is 6.13. The fourth-order valence-electron chi connectivity index (χ4n) is 1.98. The summed E-state index contributed by atoms with van der Waals surface area (Å²) in [5.41, 5.74) is 6.17. The Bertz CT molecular complexity index is 918. The number of hydrogen-bond donors (Lipinski definition) is 4. The van der Waals surface area contributed by atoms with Crippen molar-refractivity contribution in [3.05, 3.63) is 41.5 Å². The van der Waals surface area contributed by atoms with Gasteiger partial charge < -0.3 is 15.7 Å². The summed E-state index contributed by atoms with van der Waals surface area (Å²) >= 11 is 0. The summed E-state index contributed by atoms with van der Waals surface area (Å²) in [7, 11) is 0. The molecule has 0 aliphatic carbocycles. The third kappa shape index (κ3) is 2.25. The van der Waals surface area contributed by atoms with E-state index in [1.165, 1.54) is 18.3 Å². The Morgan fingerprint density at radius 1 is 1.36 bits per heavy atom. The number of imidazole rings is 2. The summed E-state index contributed by atoms with van der Waals surface area (Å²) in [6, 6.07) is 4.81. The van der Waals surface area contributed by atoms with Gasteiger partial charge in [0.1, 0.15) is 5.52 Å². The van der Waals surface area contributed by atoms with Crippen molar-refractivity contribution in [1.82, 2.24) is 19.9 Å². The van der Waals surface area contributed by atoms with Gasteiger partial charge >= 0.3 is 0 Å². The minimum absolute atomic E-state index is 0.0860. The van der Waals surface area contributed by atoms with E-state index in [1.54, 1.807) is 6.20 Å². The van der Waals surface area contributed by atoms with E-state index in [2.05, 4.69) is 25.3 Å². The largest absolute Gasteiger partial charge is 0.363 e. The number of amides is 2. The summed E-state index contributed by atoms with van der Waals surface area (Å²) in [5.74, 6) is -1.10. The molecule has 0 saturated heterocycles. The van der Waals surface area contributed by atoms with Crippen LogP contribution in [0.4, 0.5) is 5.95 Å². The van der Waals surface area contributed by atoms with Crippen molar-refractivity contribution in [2.24, 2.45) is 5.73 Å². The number of hydrogen-bond acceptors (Lipinski definition) is 5. The zero-order valence-corrected chi connectivity index (χ0v) is 11.0. The summed E-state index contributed by atoms with van der Waals surface area (Å²) in [4.78, 5) is 36.8. The second-order valence-corrected chi connectivity index (χ2v) is 4.37. The minimum atomic E-state index is -0.757. The number of H-pyrrole nitrogens is 2. The van der Waals surface area contributed by atoms with Crippen LogP contribution < -0.4 is 11.1 Å². The highest BCUT2D eigenvalue weighted by atomic mass is 16.2. The lowest BCUT2D eigenvalue weighted by atomic mass is 10.1. The van der Waals surface area contributed by atoms with Crippen molar-refractivity contribution in [2.75, 3.05) is 5.32 Å². The molecule has 0 spiro atoms. The number of aromatic amines is 2. The van der Waals surface area contributed by atoms with Crippen LogP contribution in [0.25, 0.3) is 11.0 Å². The van der Waals surface area contributed by atoms with E-state index >= 15 is 0 Å². The first-order valence-corrected chi connectivity index (χ1v) is 6.13. The van der Waals surface area contributed by atoms with Crippen LogP contribution in [0.15, 0.2) is 24.5 Å². The molecule has 3 rings (SSSR count). The summed E-state index contributed by atoms with van der Waals surface area (Å²) in [6.07, 6.45) is 3.04. The molecule has 22 heavy (non-hydrogen) atoms. The molecule has 5 N–H and O–H groups in total. The number of nitrogens with one attached hydrogen (secondary N) is 3. The molecule has 0 bridgehead atoms. The van der Waals surface area contributed by atoms with Gasteiger partial charge in [-0.15, -0.1) is 0 Å². The van der Waals surface area contributed by atoms with Gasteiger partial charge in [0.25, 0.3) is 11.8 Å². The second-order valence-electron chi connectivity index (χ2n) is 4.37. The number of primary amides is 1. The van der Waals surface area contributed by atoms with Gasteiger partial charge in [-0.2, -0.15) is 5.26 Å². The topological polar surface area (TPSA) is 153 Å². The minimum Gasteiger partial charge on any atom is -0.363 e. The quantitative estimate of drug-likeness (QED) is 0.554. The molecule has 0 radical (unpaired) electrons. The number of nitriles is 1. The molecule has 2 heterocycles. The molecule has 2 aromatic heterocycles. The van der Waals surface area contributed by atoms with Crippen LogP contribution in [0.1, 0.15) is 26.5 Å². The molecule has 0 fully saturated rings. The molecule has 0 atom stereocenters. The average Bonchev–Trinajstić information content (AvgIpc) is 3.14. The maximum absolute atomic E-state index is 12.3. The highest BCUT2D eigenvalue weighted by molar-refractivity contribution is 6.12. The van der Waals surface area contributed by atoms with Gasteiger partial charge in [0, 0.05) is 12.4 Å². The van der Waals surface area contributed by atoms with E-state index in [0.29, 0.717) is 5.52 Å². The van der Waals surface area contributed by atoms with Crippen molar-refractivity contribution in [1.29, 1.82) is 5.26 Å². The predicted octanol–water partition coefficient (Wildman–Crippen LogP) is 0.509. The lowest BCUT2D eigenvalue weighted by Gasteiger charge is -2.03. The number of nitrogens with two attached hydrogens (primary N) is 1. The Kier molecular flexibility index (Phi) is 3.04. The standard InChI is InChI=1S/C13H9N7O2/c14-5-6-3-7(12(22)20-13-16-1-2-17-13)9-8(4-6)18-11(19-9)10(15)21/h1-4H,(H2,15,21)(H,18,19)(H2,16,17,20,22). The van der Waals surface area contributed by atoms with Crippen molar-refractivity contribution in [3.8, 4) is 6.07 Å². The van der Waals surface area contributed by atoms with Gasteiger partial charge in [-0.25, -0.2) is 9.97 Å². The van der Waals surface area contributed by atoms with Crippen LogP contribution in [0.3, 0.4) is 0 Å². The highest BCUT2D eigenvalue weighted by Gasteiger charge is 2.18. The number of anilines is 1. The average molecular weight is 295 g/mol. The van der Waals surface area contributed by atoms with Gasteiger partial charge in [0.15, 0.2) is 5.82 Å². The zero-order valence-electron chi connectivity index (χ0n) is 11.0. The predicted molar refractivity (Wildman–Crippen MR) is 75.9 cm³/mol. The van der Waals surface area contributed by atoms with Crippen LogP contribution in [0, 0.1) is 11.3 Å². The Hall–Kier alpha value is -3.67. The molecular weight excluding hydrogens is 286 g/mol. The Morgan fingerprint density at radius 2 is 2.18 bits per heavy atom. The number of nitrogens with zero attached hydrogens (tertiary/aromatic N) is 3. The first-order chi connectivity index (χ1) is 10.6. The number of carbonyl (C=O) groups is 2. The summed E-state index contributed by atoms with van der Waals surface area (Å²) in [5, 5.41) is 11.6. The van der Waals surface area contributed by atoms with Gasteiger partial charge in [-0.3, -0.25) is 14.9 Å². The van der Waals surface area contributed by atoms with Crippen molar-refractivity contribution in [3.63, 3.8) is 0 Å². The maximum Gasteiger partial charge on any atom is 0.284 e. The van der Waals surface area contributed by atoms with Crippen LogP contribution in [0.5, 0.6) is 0 Å². The van der Waals surface area contributed by atoms with E-state index < -0.39 is 11.8 Å². The van der Waals surface area contributed by atoms with Crippen molar-refractivity contribution in [2.45, 2.75) is 0 Å². The maximum atomic E-state index is 12.3. The van der Waals surface area contributed by atoms with E-state index in [0.717, 1.165) is 0 Å². The summed E-state index contributed by atoms with van der Waals surface area (Å²) in [6.45, 7) is 0. The smallest absolute Gasteiger partial charge is 0.284 e. The molecule has 1 aromatic carbocycles. The Labute approximate surface area is 123 Å². The van der Waals surface area contributed by atoms with E-state index in [-0.39, 0.29) is 28.4 Å². The molecule has 0 aliphatic heterocycles. The number of benzene rings is 1. The van der Waals surface area contributed by atoms with Gasteiger partial charge in [0.05, 0.1) is 22.7 Å². The van der Waals surface area contributed by atoms with Crippen LogP contribution in [-0.2, 0) is 0 Å². The molecule has 2 amide bonds. The van der Waals surface area contributed by atoms with Crippen LogP contribution in [-0.4, -0.2) is 31.8 Å². The zero-order chi connectivity index (χ0) is 15.7. The lowest BCUT2D eigenvalue weighted by Crippen LogP contribution is -2.14. The SMILES string of the molecule is N#Cc1cc(C(=O)Nc2ncc[nH]2)c2nc(C(N)=O)[nH]c2c1. The molecule has 0 unspecified atom stereocenters. The van der Waals surface area contributed by atoms with Crippen molar-refractivity contribution < 1.29 is 9.59 Å².